The molecule has 4 heteroatoms. The van der Waals surface area contributed by atoms with E-state index in [0.717, 1.165) is 27.5 Å². The number of nitrogens with zero attached hydrogens (tertiary/aromatic N) is 4. The second-order valence-corrected chi connectivity index (χ2v) is 4.51. The predicted octanol–water partition coefficient (Wildman–Crippen LogP) is 3.75. The molecule has 4 nitrogen and oxygen atoms in total. The summed E-state index contributed by atoms with van der Waals surface area (Å²) in [7, 11) is 0. The van der Waals surface area contributed by atoms with Crippen LogP contribution in [0.5, 0.6) is 0 Å². The fraction of sp³-hybridized carbons (Fsp3) is 0.0588. The summed E-state index contributed by atoms with van der Waals surface area (Å²) < 4.78 is 0. The first-order valence-corrected chi connectivity index (χ1v) is 6.44. The van der Waals surface area contributed by atoms with Gasteiger partial charge in [0.15, 0.2) is 5.92 Å². The summed E-state index contributed by atoms with van der Waals surface area (Å²) in [5.41, 5.74) is 2.43. The molecule has 0 aliphatic heterocycles. The van der Waals surface area contributed by atoms with Crippen LogP contribution in [-0.2, 0) is 0 Å². The van der Waals surface area contributed by atoms with Gasteiger partial charge in [-0.15, -0.1) is 0 Å². The number of aliphatic imine (C=N–C) groups is 1. The van der Waals surface area contributed by atoms with Gasteiger partial charge in [0, 0.05) is 17.0 Å². The number of hydrogen-bond donors (Lipinski definition) is 0. The second-order valence-electron chi connectivity index (χ2n) is 4.51. The van der Waals surface area contributed by atoms with Crippen molar-refractivity contribution in [2.75, 3.05) is 0 Å². The number of pyridine rings is 1. The molecule has 3 aromatic rings. The van der Waals surface area contributed by atoms with E-state index in [9.17, 15) is 0 Å². The average Bonchev–Trinajstić information content (AvgIpc) is 2.54. The van der Waals surface area contributed by atoms with E-state index in [0.29, 0.717) is 0 Å². The Morgan fingerprint density at radius 1 is 0.905 bits per heavy atom. The molecule has 0 aliphatic rings. The Kier molecular flexibility index (Phi) is 3.29. The van der Waals surface area contributed by atoms with Crippen molar-refractivity contribution in [3.63, 3.8) is 0 Å². The van der Waals surface area contributed by atoms with Crippen LogP contribution in [0.4, 0.5) is 5.69 Å². The lowest BCUT2D eigenvalue weighted by atomic mass is 10.1. The van der Waals surface area contributed by atoms with Crippen LogP contribution in [0.2, 0.25) is 0 Å². The van der Waals surface area contributed by atoms with Crippen molar-refractivity contribution in [3.05, 3.63) is 48.5 Å². The number of rotatable bonds is 2. The van der Waals surface area contributed by atoms with Gasteiger partial charge in [0.2, 0.25) is 0 Å². The van der Waals surface area contributed by atoms with Crippen molar-refractivity contribution in [1.82, 2.24) is 4.98 Å². The molecule has 0 bridgehead atoms. The molecule has 21 heavy (non-hydrogen) atoms. The highest BCUT2D eigenvalue weighted by Crippen LogP contribution is 2.32. The molecule has 98 valence electrons. The molecule has 0 aliphatic carbocycles. The van der Waals surface area contributed by atoms with E-state index in [1.807, 2.05) is 60.7 Å². The first kappa shape index (κ1) is 12.8. The van der Waals surface area contributed by atoms with Crippen LogP contribution in [0, 0.1) is 28.6 Å². The zero-order valence-electron chi connectivity index (χ0n) is 11.1. The minimum atomic E-state index is -0.851. The summed E-state index contributed by atoms with van der Waals surface area (Å²) >= 11 is 0. The van der Waals surface area contributed by atoms with Crippen molar-refractivity contribution in [3.8, 4) is 12.1 Å². The van der Waals surface area contributed by atoms with E-state index in [-0.39, 0.29) is 0 Å². The third kappa shape index (κ3) is 2.31. The number of para-hydroxylation sites is 2. The first-order valence-electron chi connectivity index (χ1n) is 6.44. The number of aromatic nitrogens is 1. The SMILES string of the molecule is N#CC(C#N)C=Nc1c2ccccc2nc2ccccc12. The Bertz CT molecular complexity index is 861. The molecule has 1 aromatic heterocycles. The molecule has 0 spiro atoms. The van der Waals surface area contributed by atoms with Gasteiger partial charge in [-0.05, 0) is 12.1 Å². The Labute approximate surface area is 121 Å². The molecule has 0 amide bonds. The molecular weight excluding hydrogens is 260 g/mol. The summed E-state index contributed by atoms with van der Waals surface area (Å²) in [5.74, 6) is -0.851. The largest absolute Gasteiger partial charge is 0.257 e. The molecule has 0 unspecified atom stereocenters. The average molecular weight is 270 g/mol. The van der Waals surface area contributed by atoms with Gasteiger partial charge in [0.05, 0.1) is 28.9 Å². The Balaban J connectivity index is 2.31. The highest BCUT2D eigenvalue weighted by molar-refractivity contribution is 6.06. The second kappa shape index (κ2) is 5.40. The smallest absolute Gasteiger partial charge is 0.168 e. The molecule has 0 radical (unpaired) electrons. The van der Waals surface area contributed by atoms with Crippen LogP contribution in [-0.4, -0.2) is 11.2 Å². The molecular formula is C17H10N4. The summed E-state index contributed by atoms with van der Waals surface area (Å²) in [6.45, 7) is 0. The van der Waals surface area contributed by atoms with Gasteiger partial charge in [-0.25, -0.2) is 4.98 Å². The number of nitriles is 2. The van der Waals surface area contributed by atoms with Crippen molar-refractivity contribution in [2.24, 2.45) is 10.9 Å². The highest BCUT2D eigenvalue weighted by atomic mass is 14.8. The van der Waals surface area contributed by atoms with E-state index >= 15 is 0 Å². The van der Waals surface area contributed by atoms with Gasteiger partial charge in [-0.2, -0.15) is 10.5 Å². The minimum absolute atomic E-state index is 0.742. The topological polar surface area (TPSA) is 72.8 Å². The van der Waals surface area contributed by atoms with E-state index in [4.69, 9.17) is 10.5 Å². The summed E-state index contributed by atoms with van der Waals surface area (Å²) in [5, 5.41) is 19.5. The van der Waals surface area contributed by atoms with Gasteiger partial charge in [0.25, 0.3) is 0 Å². The van der Waals surface area contributed by atoms with Crippen molar-refractivity contribution in [2.45, 2.75) is 0 Å². The van der Waals surface area contributed by atoms with Crippen molar-refractivity contribution < 1.29 is 0 Å². The molecule has 0 saturated heterocycles. The lowest BCUT2D eigenvalue weighted by molar-refractivity contribution is 1.18. The summed E-state index contributed by atoms with van der Waals surface area (Å²) in [6.07, 6.45) is 1.38. The number of fused-ring (bicyclic) bond motifs is 2. The Hall–Kier alpha value is -3.24. The van der Waals surface area contributed by atoms with Crippen LogP contribution in [0.25, 0.3) is 21.8 Å². The lowest BCUT2D eigenvalue weighted by Gasteiger charge is -2.06. The molecule has 0 saturated carbocycles. The highest BCUT2D eigenvalue weighted by Gasteiger charge is 2.08. The van der Waals surface area contributed by atoms with Gasteiger partial charge in [-0.1, -0.05) is 36.4 Å². The van der Waals surface area contributed by atoms with Crippen molar-refractivity contribution in [1.29, 1.82) is 10.5 Å². The monoisotopic (exact) mass is 270 g/mol. The molecule has 0 atom stereocenters. The third-order valence-corrected chi connectivity index (χ3v) is 3.19. The van der Waals surface area contributed by atoms with Crippen LogP contribution in [0.1, 0.15) is 0 Å². The van der Waals surface area contributed by atoms with Gasteiger partial charge in [0.1, 0.15) is 0 Å². The fourth-order valence-electron chi connectivity index (χ4n) is 2.20. The van der Waals surface area contributed by atoms with Crippen LogP contribution < -0.4 is 0 Å². The fourth-order valence-corrected chi connectivity index (χ4v) is 2.20. The van der Waals surface area contributed by atoms with Gasteiger partial charge >= 0.3 is 0 Å². The zero-order chi connectivity index (χ0) is 14.7. The Morgan fingerprint density at radius 2 is 1.43 bits per heavy atom. The summed E-state index contributed by atoms with van der Waals surface area (Å²) in [4.78, 5) is 9.00. The van der Waals surface area contributed by atoms with Crippen LogP contribution in [0.3, 0.4) is 0 Å². The van der Waals surface area contributed by atoms with E-state index in [1.165, 1.54) is 6.21 Å². The van der Waals surface area contributed by atoms with Gasteiger partial charge < -0.3 is 0 Å². The lowest BCUT2D eigenvalue weighted by Crippen LogP contribution is -1.93. The maximum Gasteiger partial charge on any atom is 0.168 e. The first-order chi connectivity index (χ1) is 10.3. The van der Waals surface area contributed by atoms with E-state index in [2.05, 4.69) is 9.98 Å². The molecule has 0 fully saturated rings. The molecule has 2 aromatic carbocycles. The zero-order valence-corrected chi connectivity index (χ0v) is 11.1. The quantitative estimate of drug-likeness (QED) is 0.525. The normalized spacial score (nSPS) is 11.0. The van der Waals surface area contributed by atoms with Crippen molar-refractivity contribution >= 4 is 33.7 Å². The molecule has 0 N–H and O–H groups in total. The number of hydrogen-bond acceptors (Lipinski definition) is 4. The summed E-state index contributed by atoms with van der Waals surface area (Å²) in [6, 6.07) is 19.2. The third-order valence-electron chi connectivity index (χ3n) is 3.19. The minimum Gasteiger partial charge on any atom is -0.257 e. The van der Waals surface area contributed by atoms with Crippen LogP contribution in [0.15, 0.2) is 53.5 Å². The molecule has 1 heterocycles. The standard InChI is InChI=1S/C17H10N4/c18-9-12(10-19)11-20-17-13-5-1-3-7-15(13)21-16-8-4-2-6-14(16)17/h1-8,11-12H. The van der Waals surface area contributed by atoms with Gasteiger partial charge in [-0.3, -0.25) is 4.99 Å². The Morgan fingerprint density at radius 3 is 1.95 bits per heavy atom. The van der Waals surface area contributed by atoms with E-state index in [1.54, 1.807) is 0 Å². The predicted molar refractivity (Wildman–Crippen MR) is 82.1 cm³/mol. The number of benzene rings is 2. The van der Waals surface area contributed by atoms with Crippen LogP contribution >= 0.6 is 0 Å². The maximum absolute atomic E-state index is 8.85. The molecule has 3 rings (SSSR count). The van der Waals surface area contributed by atoms with E-state index < -0.39 is 5.92 Å². The maximum atomic E-state index is 8.85.